The number of cyclic esters (lactones) is 2. The van der Waals surface area contributed by atoms with Gasteiger partial charge in [0.2, 0.25) is 0 Å². The molecular formula is C34H18O12. The number of aliphatic hydroxyl groups excluding tert-OH is 1. The van der Waals surface area contributed by atoms with Crippen molar-refractivity contribution in [2.75, 3.05) is 0 Å². The van der Waals surface area contributed by atoms with Crippen molar-refractivity contribution in [3.8, 4) is 23.0 Å². The summed E-state index contributed by atoms with van der Waals surface area (Å²) in [5.74, 6) is -6.54. The largest absolute Gasteiger partial charge is 0.508 e. The minimum atomic E-state index is -1.55. The number of aliphatic hydroxyl groups is 1. The number of carbonyl (C=O) groups is 4. The van der Waals surface area contributed by atoms with Gasteiger partial charge in [-0.25, -0.2) is 19.2 Å². The van der Waals surface area contributed by atoms with Crippen molar-refractivity contribution in [2.24, 2.45) is 0 Å². The van der Waals surface area contributed by atoms with Gasteiger partial charge in [0.05, 0.1) is 11.1 Å². The van der Waals surface area contributed by atoms with Crippen LogP contribution in [0, 0.1) is 0 Å². The molecule has 0 radical (unpaired) electrons. The van der Waals surface area contributed by atoms with Crippen LogP contribution in [0.2, 0.25) is 0 Å². The third-order valence-corrected chi connectivity index (χ3v) is 7.53. The number of esters is 3. The number of rotatable bonds is 5. The van der Waals surface area contributed by atoms with Crippen molar-refractivity contribution >= 4 is 57.4 Å². The number of hydrogen-bond acceptors (Lipinski definition) is 11. The summed E-state index contributed by atoms with van der Waals surface area (Å²) in [7, 11) is 0. The number of carbonyl (C=O) groups excluding carboxylic acids is 3. The molecule has 4 aromatic rings. The van der Waals surface area contributed by atoms with Gasteiger partial charge in [0.15, 0.2) is 23.0 Å². The molecule has 0 saturated heterocycles. The van der Waals surface area contributed by atoms with E-state index >= 15 is 0 Å². The molecule has 0 fully saturated rings. The van der Waals surface area contributed by atoms with E-state index in [4.69, 9.17) is 14.2 Å². The lowest BCUT2D eigenvalue weighted by molar-refractivity contribution is -0.132. The van der Waals surface area contributed by atoms with Gasteiger partial charge in [-0.15, -0.1) is 0 Å². The highest BCUT2D eigenvalue weighted by atomic mass is 16.6. The quantitative estimate of drug-likeness (QED) is 0.117. The number of aliphatic carboxylic acids is 1. The van der Waals surface area contributed by atoms with Gasteiger partial charge in [0.1, 0.15) is 28.4 Å². The average Bonchev–Trinajstić information content (AvgIpc) is 3.65. The molecule has 12 nitrogen and oxygen atoms in total. The fourth-order valence-corrected chi connectivity index (χ4v) is 5.47. The zero-order valence-corrected chi connectivity index (χ0v) is 23.1. The third kappa shape index (κ3) is 4.40. The number of aromatic hydroxyl groups is 3. The van der Waals surface area contributed by atoms with E-state index in [1.165, 1.54) is 54.6 Å². The highest BCUT2D eigenvalue weighted by molar-refractivity contribution is 6.29. The van der Waals surface area contributed by atoms with Crippen LogP contribution in [0.25, 0.3) is 33.6 Å². The highest BCUT2D eigenvalue weighted by Gasteiger charge is 2.39. The van der Waals surface area contributed by atoms with Crippen LogP contribution in [0.4, 0.5) is 0 Å². The van der Waals surface area contributed by atoms with Crippen LogP contribution in [0.3, 0.4) is 0 Å². The number of carboxylic acid groups (broad SMARTS) is 1. The Bertz CT molecular complexity index is 2220. The molecule has 0 saturated carbocycles. The minimum Gasteiger partial charge on any atom is -0.508 e. The van der Waals surface area contributed by atoms with Crippen LogP contribution < -0.4 is 4.74 Å². The predicted molar refractivity (Wildman–Crippen MR) is 159 cm³/mol. The number of phenols is 3. The van der Waals surface area contributed by atoms with Crippen molar-refractivity contribution in [1.82, 2.24) is 0 Å². The molecular weight excluding hydrogens is 600 g/mol. The first kappa shape index (κ1) is 28.0. The molecule has 4 aromatic carbocycles. The van der Waals surface area contributed by atoms with Gasteiger partial charge in [-0.3, -0.25) is 0 Å². The SMILES string of the molecule is O=C1O/C(=C\c2ccc(O)cc2)C=C1c1cc2c3c(c(O)cc(C4=C(O)/C(=C(\C(=O)O)c5ccc(O)cc5)OC4=O)c3c1)OC2=O. The van der Waals surface area contributed by atoms with Gasteiger partial charge in [0, 0.05) is 10.9 Å². The molecule has 0 bridgehead atoms. The van der Waals surface area contributed by atoms with E-state index in [2.05, 4.69) is 0 Å². The summed E-state index contributed by atoms with van der Waals surface area (Å²) in [5, 5.41) is 51.3. The second kappa shape index (κ2) is 10.1. The Morgan fingerprint density at radius 1 is 0.717 bits per heavy atom. The first-order chi connectivity index (χ1) is 22.0. The number of benzene rings is 4. The van der Waals surface area contributed by atoms with E-state index < -0.39 is 52.3 Å². The maximum atomic E-state index is 13.2. The summed E-state index contributed by atoms with van der Waals surface area (Å²) in [6, 6.07) is 14.9. The van der Waals surface area contributed by atoms with Crippen molar-refractivity contribution < 1.29 is 58.9 Å². The molecule has 12 heteroatoms. The Morgan fingerprint density at radius 3 is 2.07 bits per heavy atom. The Labute approximate surface area is 257 Å². The Balaban J connectivity index is 1.43. The van der Waals surface area contributed by atoms with Crippen molar-refractivity contribution in [2.45, 2.75) is 0 Å². The first-order valence-corrected chi connectivity index (χ1v) is 13.4. The number of hydrogen-bond donors (Lipinski definition) is 5. The molecule has 226 valence electrons. The summed E-state index contributed by atoms with van der Waals surface area (Å²) in [5.41, 5.74) is -0.449. The fraction of sp³-hybridized carbons (Fsp3) is 0. The smallest absolute Gasteiger partial charge is 0.348 e. The van der Waals surface area contributed by atoms with Crippen LogP contribution in [-0.4, -0.2) is 49.4 Å². The lowest BCUT2D eigenvalue weighted by atomic mass is 9.91. The van der Waals surface area contributed by atoms with Crippen molar-refractivity contribution in [3.05, 3.63) is 118 Å². The second-order valence-electron chi connectivity index (χ2n) is 10.4. The number of ether oxygens (including phenoxy) is 3. The van der Waals surface area contributed by atoms with Gasteiger partial charge in [-0.1, -0.05) is 24.3 Å². The summed E-state index contributed by atoms with van der Waals surface area (Å²) in [6.07, 6.45) is 2.99. The first-order valence-electron chi connectivity index (χ1n) is 13.4. The molecule has 0 spiro atoms. The Hall–Kier alpha value is -6.82. The lowest BCUT2D eigenvalue weighted by Crippen LogP contribution is -2.06. The maximum Gasteiger partial charge on any atom is 0.348 e. The van der Waals surface area contributed by atoms with Crippen LogP contribution >= 0.6 is 0 Å². The second-order valence-corrected chi connectivity index (χ2v) is 10.4. The lowest BCUT2D eigenvalue weighted by Gasteiger charge is -2.10. The van der Waals surface area contributed by atoms with Crippen molar-refractivity contribution in [1.29, 1.82) is 0 Å². The normalized spacial score (nSPS) is 17.3. The third-order valence-electron chi connectivity index (χ3n) is 7.53. The summed E-state index contributed by atoms with van der Waals surface area (Å²) in [6.45, 7) is 0. The monoisotopic (exact) mass is 618 g/mol. The van der Waals surface area contributed by atoms with Crippen LogP contribution in [0.5, 0.6) is 23.0 Å². The van der Waals surface area contributed by atoms with E-state index in [-0.39, 0.29) is 61.6 Å². The van der Waals surface area contributed by atoms with E-state index in [1.54, 1.807) is 18.2 Å². The van der Waals surface area contributed by atoms with Gasteiger partial charge in [0.25, 0.3) is 0 Å². The number of phenolic OH excluding ortho intramolecular Hbond substituents is 3. The standard InChI is InChI=1S/C34H18O12/c35-17-5-1-14(2-6-17)9-19-12-20(32(41)44-19)16-10-21-22(13-24(37)29-26(21)23(11-16)33(42)45-29)27-28(38)30(46-34(27)43)25(31(39)40)15-3-7-18(36)8-4-15/h1-13,35-38H,(H,39,40)/b19-9-,30-25+. The van der Waals surface area contributed by atoms with Crippen molar-refractivity contribution in [3.63, 3.8) is 0 Å². The summed E-state index contributed by atoms with van der Waals surface area (Å²) < 4.78 is 15.9. The molecule has 0 aromatic heterocycles. The fourth-order valence-electron chi connectivity index (χ4n) is 5.47. The van der Waals surface area contributed by atoms with Crippen LogP contribution in [-0.2, 0) is 23.9 Å². The van der Waals surface area contributed by atoms with Gasteiger partial charge >= 0.3 is 23.9 Å². The molecule has 7 rings (SSSR count). The molecule has 0 amide bonds. The molecule has 3 heterocycles. The van der Waals surface area contributed by atoms with Crippen LogP contribution in [0.1, 0.15) is 32.6 Å². The van der Waals surface area contributed by atoms with Gasteiger partial charge < -0.3 is 39.7 Å². The minimum absolute atomic E-state index is 0.00767. The molecule has 3 aliphatic heterocycles. The number of allylic oxidation sites excluding steroid dienone is 1. The molecule has 5 N–H and O–H groups in total. The van der Waals surface area contributed by atoms with E-state index in [9.17, 15) is 44.7 Å². The number of carboxylic acids is 1. The molecule has 0 aliphatic carbocycles. The molecule has 3 aliphatic rings. The Morgan fingerprint density at radius 2 is 1.39 bits per heavy atom. The zero-order chi connectivity index (χ0) is 32.4. The average molecular weight is 619 g/mol. The highest BCUT2D eigenvalue weighted by Crippen LogP contribution is 2.49. The zero-order valence-electron chi connectivity index (χ0n) is 23.1. The van der Waals surface area contributed by atoms with Gasteiger partial charge in [-0.05, 0) is 76.7 Å². The summed E-state index contributed by atoms with van der Waals surface area (Å²) >= 11 is 0. The van der Waals surface area contributed by atoms with E-state index in [0.717, 1.165) is 6.07 Å². The predicted octanol–water partition coefficient (Wildman–Crippen LogP) is 4.79. The molecule has 0 unspecified atom stereocenters. The maximum absolute atomic E-state index is 13.2. The molecule has 46 heavy (non-hydrogen) atoms. The molecule has 0 atom stereocenters. The van der Waals surface area contributed by atoms with Crippen LogP contribution in [0.15, 0.2) is 90.1 Å². The Kier molecular flexibility index (Phi) is 6.16. The summed E-state index contributed by atoms with van der Waals surface area (Å²) in [4.78, 5) is 51.4. The topological polar surface area (TPSA) is 197 Å². The van der Waals surface area contributed by atoms with E-state index in [0.29, 0.717) is 5.56 Å². The van der Waals surface area contributed by atoms with E-state index in [1.807, 2.05) is 0 Å². The van der Waals surface area contributed by atoms with Gasteiger partial charge in [-0.2, -0.15) is 0 Å².